The van der Waals surface area contributed by atoms with Crippen LogP contribution in [0.25, 0.3) is 0 Å². The molecule has 7 nitrogen and oxygen atoms in total. The number of fused-ring (bicyclic) bond motifs is 1. The number of likely N-dealkylation sites (tertiary alicyclic amines) is 1. The Hall–Kier alpha value is -3.55. The Bertz CT molecular complexity index is 1080. The van der Waals surface area contributed by atoms with Gasteiger partial charge in [0.05, 0.1) is 35.4 Å². The van der Waals surface area contributed by atoms with Crippen molar-refractivity contribution < 1.29 is 9.59 Å². The molecule has 3 aromatic rings. The number of benzene rings is 2. The predicted octanol–water partition coefficient (Wildman–Crippen LogP) is 2.69. The van der Waals surface area contributed by atoms with Gasteiger partial charge in [-0.25, -0.2) is 10.4 Å². The standard InChI is InChI=1S/C25H25N5O2/c31-24(27-19-10-7-13-26-14-19)21-16-29(15-18-8-3-1-4-9-18)17-22-23(21)28-30(25(22)32)20-11-5-2-6-12-20/h1-14,21-23,28H,15-17H2,(H,27,31). The second kappa shape index (κ2) is 8.90. The third-order valence-electron chi connectivity index (χ3n) is 6.12. The fraction of sp³-hybridized carbons (Fsp3) is 0.240. The first-order valence-electron chi connectivity index (χ1n) is 10.8. The van der Waals surface area contributed by atoms with Crippen molar-refractivity contribution in [1.82, 2.24) is 15.3 Å². The third-order valence-corrected chi connectivity index (χ3v) is 6.12. The lowest BCUT2D eigenvalue weighted by molar-refractivity contribution is -0.126. The molecule has 2 aromatic carbocycles. The van der Waals surface area contributed by atoms with Gasteiger partial charge in [0, 0.05) is 25.8 Å². The van der Waals surface area contributed by atoms with E-state index in [9.17, 15) is 9.59 Å². The van der Waals surface area contributed by atoms with Gasteiger partial charge in [-0.3, -0.25) is 19.5 Å². The zero-order valence-electron chi connectivity index (χ0n) is 17.6. The summed E-state index contributed by atoms with van der Waals surface area (Å²) in [5, 5.41) is 4.58. The smallest absolute Gasteiger partial charge is 0.247 e. The average Bonchev–Trinajstić information content (AvgIpc) is 3.17. The van der Waals surface area contributed by atoms with Crippen LogP contribution in [0.2, 0.25) is 0 Å². The molecular formula is C25H25N5O2. The van der Waals surface area contributed by atoms with Crippen molar-refractivity contribution in [2.24, 2.45) is 11.8 Å². The number of hydrazine groups is 1. The van der Waals surface area contributed by atoms with Gasteiger partial charge in [0.1, 0.15) is 0 Å². The minimum atomic E-state index is -0.393. The fourth-order valence-corrected chi connectivity index (χ4v) is 4.60. The van der Waals surface area contributed by atoms with Crippen LogP contribution < -0.4 is 15.8 Å². The Labute approximate surface area is 187 Å². The molecule has 2 aliphatic heterocycles. The molecular weight excluding hydrogens is 402 g/mol. The van der Waals surface area contributed by atoms with E-state index in [4.69, 9.17) is 0 Å². The summed E-state index contributed by atoms with van der Waals surface area (Å²) in [6, 6.07) is 23.0. The van der Waals surface area contributed by atoms with Gasteiger partial charge in [0.15, 0.2) is 0 Å². The lowest BCUT2D eigenvalue weighted by Crippen LogP contribution is -2.55. The van der Waals surface area contributed by atoms with E-state index in [2.05, 4.69) is 32.8 Å². The molecule has 0 aliphatic carbocycles. The summed E-state index contributed by atoms with van der Waals surface area (Å²) in [6.07, 6.45) is 3.30. The minimum Gasteiger partial charge on any atom is -0.324 e. The number of carbonyl (C=O) groups is 2. The van der Waals surface area contributed by atoms with Crippen molar-refractivity contribution in [1.29, 1.82) is 0 Å². The van der Waals surface area contributed by atoms with E-state index in [1.54, 1.807) is 23.5 Å². The van der Waals surface area contributed by atoms with Crippen LogP contribution in [0.5, 0.6) is 0 Å². The van der Waals surface area contributed by atoms with E-state index in [1.807, 2.05) is 54.6 Å². The molecule has 1 aromatic heterocycles. The third kappa shape index (κ3) is 4.12. The molecule has 7 heteroatoms. The highest BCUT2D eigenvalue weighted by molar-refractivity contribution is 5.99. The van der Waals surface area contributed by atoms with Crippen molar-refractivity contribution in [2.75, 3.05) is 23.4 Å². The number of pyridine rings is 1. The van der Waals surface area contributed by atoms with Crippen LogP contribution in [0, 0.1) is 11.8 Å². The maximum atomic E-state index is 13.4. The molecule has 2 aliphatic rings. The first kappa shape index (κ1) is 20.4. The Kier molecular flexibility index (Phi) is 5.66. The second-order valence-electron chi connectivity index (χ2n) is 8.29. The Morgan fingerprint density at radius 2 is 1.75 bits per heavy atom. The SMILES string of the molecule is O=C(Nc1cccnc1)C1CN(Cc2ccccc2)CC2C(=O)N(c3ccccc3)NC12. The van der Waals surface area contributed by atoms with Gasteiger partial charge in [0.2, 0.25) is 11.8 Å². The fourth-order valence-electron chi connectivity index (χ4n) is 4.60. The highest BCUT2D eigenvalue weighted by Gasteiger charge is 2.50. The van der Waals surface area contributed by atoms with Crippen molar-refractivity contribution in [3.63, 3.8) is 0 Å². The highest BCUT2D eigenvalue weighted by atomic mass is 16.2. The number of piperidine rings is 1. The Morgan fingerprint density at radius 1 is 1.00 bits per heavy atom. The topological polar surface area (TPSA) is 77.6 Å². The highest BCUT2D eigenvalue weighted by Crippen LogP contribution is 2.33. The number of amides is 2. The van der Waals surface area contributed by atoms with Gasteiger partial charge in [0.25, 0.3) is 0 Å². The Balaban J connectivity index is 1.41. The number of carbonyl (C=O) groups excluding carboxylic acids is 2. The molecule has 0 radical (unpaired) electrons. The van der Waals surface area contributed by atoms with Crippen molar-refractivity contribution in [3.8, 4) is 0 Å². The summed E-state index contributed by atoms with van der Waals surface area (Å²) in [7, 11) is 0. The maximum Gasteiger partial charge on any atom is 0.247 e. The monoisotopic (exact) mass is 427 g/mol. The summed E-state index contributed by atoms with van der Waals surface area (Å²) >= 11 is 0. The van der Waals surface area contributed by atoms with Crippen molar-refractivity contribution >= 4 is 23.2 Å². The lowest BCUT2D eigenvalue weighted by Gasteiger charge is -2.38. The van der Waals surface area contributed by atoms with E-state index < -0.39 is 5.92 Å². The minimum absolute atomic E-state index is 0.00172. The number of nitrogens with zero attached hydrogens (tertiary/aromatic N) is 3. The van der Waals surface area contributed by atoms with Gasteiger partial charge in [-0.1, -0.05) is 48.5 Å². The van der Waals surface area contributed by atoms with E-state index in [0.29, 0.717) is 25.3 Å². The number of hydrogen-bond acceptors (Lipinski definition) is 5. The molecule has 5 rings (SSSR count). The molecule has 32 heavy (non-hydrogen) atoms. The zero-order chi connectivity index (χ0) is 21.9. The molecule has 162 valence electrons. The molecule has 0 spiro atoms. The number of aromatic nitrogens is 1. The number of rotatable bonds is 5. The number of nitrogens with one attached hydrogen (secondary N) is 2. The van der Waals surface area contributed by atoms with Crippen LogP contribution >= 0.6 is 0 Å². The summed E-state index contributed by atoms with van der Waals surface area (Å²) in [6.45, 7) is 1.86. The normalized spacial score (nSPS) is 23.1. The maximum absolute atomic E-state index is 13.4. The van der Waals surface area contributed by atoms with Crippen LogP contribution in [0.3, 0.4) is 0 Å². The molecule has 0 bridgehead atoms. The lowest BCUT2D eigenvalue weighted by atomic mass is 9.83. The van der Waals surface area contributed by atoms with Gasteiger partial charge in [-0.2, -0.15) is 0 Å². The van der Waals surface area contributed by atoms with Crippen LogP contribution in [-0.4, -0.2) is 40.8 Å². The quantitative estimate of drug-likeness (QED) is 0.655. The molecule has 2 saturated heterocycles. The van der Waals surface area contributed by atoms with Gasteiger partial charge >= 0.3 is 0 Å². The number of hydrogen-bond donors (Lipinski definition) is 2. The van der Waals surface area contributed by atoms with Crippen LogP contribution in [0.4, 0.5) is 11.4 Å². The predicted molar refractivity (Wildman–Crippen MR) is 122 cm³/mol. The van der Waals surface area contributed by atoms with E-state index in [0.717, 1.165) is 11.3 Å². The summed E-state index contributed by atoms with van der Waals surface area (Å²) in [4.78, 5) is 33.0. The van der Waals surface area contributed by atoms with Crippen molar-refractivity contribution in [3.05, 3.63) is 90.8 Å². The number of para-hydroxylation sites is 1. The van der Waals surface area contributed by atoms with E-state index in [1.165, 1.54) is 0 Å². The molecule has 3 heterocycles. The van der Waals surface area contributed by atoms with Crippen molar-refractivity contribution in [2.45, 2.75) is 12.6 Å². The molecule has 3 unspecified atom stereocenters. The molecule has 2 amide bonds. The second-order valence-corrected chi connectivity index (χ2v) is 8.29. The molecule has 2 fully saturated rings. The Morgan fingerprint density at radius 3 is 2.47 bits per heavy atom. The van der Waals surface area contributed by atoms with Crippen LogP contribution in [-0.2, 0) is 16.1 Å². The average molecular weight is 428 g/mol. The molecule has 3 atom stereocenters. The van der Waals surface area contributed by atoms with Gasteiger partial charge in [-0.15, -0.1) is 0 Å². The van der Waals surface area contributed by atoms with E-state index in [-0.39, 0.29) is 23.8 Å². The van der Waals surface area contributed by atoms with Crippen LogP contribution in [0.1, 0.15) is 5.56 Å². The molecule has 0 saturated carbocycles. The zero-order valence-corrected chi connectivity index (χ0v) is 17.6. The van der Waals surface area contributed by atoms with Gasteiger partial charge < -0.3 is 5.32 Å². The van der Waals surface area contributed by atoms with E-state index >= 15 is 0 Å². The van der Waals surface area contributed by atoms with Gasteiger partial charge in [-0.05, 0) is 29.8 Å². The van der Waals surface area contributed by atoms with Crippen LogP contribution in [0.15, 0.2) is 85.2 Å². The first-order valence-corrected chi connectivity index (χ1v) is 10.8. The molecule has 2 N–H and O–H groups in total. The summed E-state index contributed by atoms with van der Waals surface area (Å²) in [5.74, 6) is -0.813. The summed E-state index contributed by atoms with van der Waals surface area (Å²) < 4.78 is 0. The largest absolute Gasteiger partial charge is 0.324 e. The summed E-state index contributed by atoms with van der Waals surface area (Å²) in [5.41, 5.74) is 5.94. The first-order chi connectivity index (χ1) is 15.7. The number of anilines is 2.